The third kappa shape index (κ3) is 1.37. The topological polar surface area (TPSA) is 15.3 Å². The van der Waals surface area contributed by atoms with Crippen LogP contribution in [0.25, 0.3) is 0 Å². The number of rotatable bonds is 0. The summed E-state index contributed by atoms with van der Waals surface area (Å²) >= 11 is 0. The molecule has 54 valence electrons. The van der Waals surface area contributed by atoms with Gasteiger partial charge in [-0.25, -0.2) is 5.01 Å². The van der Waals surface area contributed by atoms with Crippen LogP contribution in [0.15, 0.2) is 0 Å². The smallest absolute Gasteiger partial charge is 0.0134 e. The van der Waals surface area contributed by atoms with Gasteiger partial charge >= 0.3 is 0 Å². The number of nitrogens with one attached hydrogen (secondary N) is 1. The lowest BCUT2D eigenvalue weighted by molar-refractivity contribution is 0.0572. The summed E-state index contributed by atoms with van der Waals surface area (Å²) in [5, 5.41) is 2.33. The maximum absolute atomic E-state index is 3.35. The highest BCUT2D eigenvalue weighted by atomic mass is 35.5. The molecule has 0 aromatic rings. The van der Waals surface area contributed by atoms with Crippen LogP contribution in [0.5, 0.6) is 0 Å². The quantitative estimate of drug-likeness (QED) is 0.543. The van der Waals surface area contributed by atoms with Crippen molar-refractivity contribution in [1.29, 1.82) is 0 Å². The van der Waals surface area contributed by atoms with Crippen molar-refractivity contribution < 1.29 is 0 Å². The normalized spacial score (nSPS) is 40.0. The van der Waals surface area contributed by atoms with Gasteiger partial charge in [0.25, 0.3) is 0 Å². The van der Waals surface area contributed by atoms with Gasteiger partial charge in [0.05, 0.1) is 0 Å². The molecule has 0 aromatic heterocycles. The van der Waals surface area contributed by atoms with Gasteiger partial charge in [-0.1, -0.05) is 0 Å². The molecule has 2 nitrogen and oxygen atoms in total. The third-order valence-electron chi connectivity index (χ3n) is 2.22. The predicted octanol–water partition coefficient (Wildman–Crippen LogP) is 0.638. The van der Waals surface area contributed by atoms with Crippen molar-refractivity contribution in [3.05, 3.63) is 0 Å². The number of hydrazine groups is 1. The average Bonchev–Trinajstić information content (AvgIpc) is 1.92. The molecule has 1 N–H and O–H groups in total. The summed E-state index contributed by atoms with van der Waals surface area (Å²) in [6.07, 6.45) is 2.85. The summed E-state index contributed by atoms with van der Waals surface area (Å²) in [7, 11) is 0. The van der Waals surface area contributed by atoms with E-state index in [1.54, 1.807) is 0 Å². The van der Waals surface area contributed by atoms with E-state index in [9.17, 15) is 0 Å². The molecule has 2 bridgehead atoms. The van der Waals surface area contributed by atoms with E-state index in [2.05, 4.69) is 10.4 Å². The first-order valence-corrected chi connectivity index (χ1v) is 3.43. The fourth-order valence-electron chi connectivity index (χ4n) is 1.55. The number of piperidine rings is 1. The van der Waals surface area contributed by atoms with Crippen LogP contribution in [-0.4, -0.2) is 24.6 Å². The van der Waals surface area contributed by atoms with E-state index in [-0.39, 0.29) is 12.4 Å². The Kier molecular flexibility index (Phi) is 2.33. The molecule has 0 saturated carbocycles. The van der Waals surface area contributed by atoms with Crippen LogP contribution < -0.4 is 5.43 Å². The van der Waals surface area contributed by atoms with Crippen molar-refractivity contribution in [1.82, 2.24) is 10.4 Å². The van der Waals surface area contributed by atoms with Crippen LogP contribution in [0, 0.1) is 5.92 Å². The van der Waals surface area contributed by atoms with E-state index in [1.807, 2.05) is 0 Å². The maximum atomic E-state index is 3.35. The van der Waals surface area contributed by atoms with Crippen molar-refractivity contribution in [2.24, 2.45) is 5.92 Å². The van der Waals surface area contributed by atoms with E-state index < -0.39 is 0 Å². The van der Waals surface area contributed by atoms with Gasteiger partial charge in [0, 0.05) is 19.6 Å². The zero-order valence-corrected chi connectivity index (χ0v) is 6.28. The molecular weight excluding hydrogens is 136 g/mol. The molecule has 3 aliphatic rings. The second kappa shape index (κ2) is 2.86. The van der Waals surface area contributed by atoms with Gasteiger partial charge < -0.3 is 0 Å². The van der Waals surface area contributed by atoms with Gasteiger partial charge in [-0.3, -0.25) is 5.43 Å². The Bertz CT molecular complexity index is 66.0. The molecule has 0 aliphatic carbocycles. The molecule has 3 heteroatoms. The first-order chi connectivity index (χ1) is 3.95. The number of nitrogens with zero attached hydrogens (tertiary/aromatic N) is 1. The number of fused-ring (bicyclic) bond motifs is 3. The molecule has 3 heterocycles. The minimum absolute atomic E-state index is 0. The molecule has 0 radical (unpaired) electrons. The molecule has 0 spiro atoms. The first kappa shape index (κ1) is 7.32. The molecule has 0 unspecified atom stereocenters. The molecular formula is C6H13ClN2. The minimum Gasteiger partial charge on any atom is -0.255 e. The van der Waals surface area contributed by atoms with E-state index in [4.69, 9.17) is 0 Å². The van der Waals surface area contributed by atoms with Crippen molar-refractivity contribution in [2.75, 3.05) is 19.6 Å². The van der Waals surface area contributed by atoms with Crippen molar-refractivity contribution in [3.8, 4) is 0 Å². The number of hydrogen-bond donors (Lipinski definition) is 1. The zero-order chi connectivity index (χ0) is 5.40. The highest BCUT2D eigenvalue weighted by Gasteiger charge is 2.24. The SMILES string of the molecule is C1CN2CCC1CN2.Cl. The van der Waals surface area contributed by atoms with Gasteiger partial charge in [-0.15, -0.1) is 12.4 Å². The number of hydrogen-bond acceptors (Lipinski definition) is 2. The average molecular weight is 149 g/mol. The van der Waals surface area contributed by atoms with Gasteiger partial charge in [-0.05, 0) is 18.8 Å². The van der Waals surface area contributed by atoms with E-state index in [0.29, 0.717) is 0 Å². The Hall–Kier alpha value is 0.210. The van der Waals surface area contributed by atoms with Gasteiger partial charge in [0.15, 0.2) is 0 Å². The Labute approximate surface area is 62.0 Å². The van der Waals surface area contributed by atoms with Crippen LogP contribution in [0.1, 0.15) is 12.8 Å². The first-order valence-electron chi connectivity index (χ1n) is 3.43. The number of halogens is 1. The van der Waals surface area contributed by atoms with Crippen LogP contribution in [0.2, 0.25) is 0 Å². The monoisotopic (exact) mass is 148 g/mol. The van der Waals surface area contributed by atoms with Crippen molar-refractivity contribution >= 4 is 12.4 Å². The standard InChI is InChI=1S/C6H12N2.ClH/c1-3-8-4-2-6(1)5-7-8;/h6-7H,1-5H2;1H. The lowest BCUT2D eigenvalue weighted by atomic mass is 9.96. The summed E-state index contributed by atoms with van der Waals surface area (Å²) in [6, 6.07) is 0. The summed E-state index contributed by atoms with van der Waals surface area (Å²) < 4.78 is 0. The van der Waals surface area contributed by atoms with Crippen LogP contribution >= 0.6 is 12.4 Å². The third-order valence-corrected chi connectivity index (χ3v) is 2.22. The van der Waals surface area contributed by atoms with E-state index in [1.165, 1.54) is 32.5 Å². The van der Waals surface area contributed by atoms with Gasteiger partial charge in [-0.2, -0.15) is 0 Å². The fourth-order valence-corrected chi connectivity index (χ4v) is 1.55. The molecule has 3 aliphatic heterocycles. The molecule has 3 saturated heterocycles. The molecule has 3 fully saturated rings. The van der Waals surface area contributed by atoms with E-state index in [0.717, 1.165) is 5.92 Å². The minimum atomic E-state index is 0. The lowest BCUT2D eigenvalue weighted by Crippen LogP contribution is -2.52. The molecule has 0 atom stereocenters. The fraction of sp³-hybridized carbons (Fsp3) is 1.00. The van der Waals surface area contributed by atoms with E-state index >= 15 is 0 Å². The molecule has 3 rings (SSSR count). The summed E-state index contributed by atoms with van der Waals surface area (Å²) in [5.41, 5.74) is 3.35. The van der Waals surface area contributed by atoms with Gasteiger partial charge in [0.2, 0.25) is 0 Å². The largest absolute Gasteiger partial charge is 0.255 e. The lowest BCUT2D eigenvalue weighted by Gasteiger charge is -2.39. The van der Waals surface area contributed by atoms with Gasteiger partial charge in [0.1, 0.15) is 0 Å². The van der Waals surface area contributed by atoms with Crippen molar-refractivity contribution in [3.63, 3.8) is 0 Å². The summed E-state index contributed by atoms with van der Waals surface area (Å²) in [4.78, 5) is 0. The summed E-state index contributed by atoms with van der Waals surface area (Å²) in [6.45, 7) is 3.80. The van der Waals surface area contributed by atoms with Crippen LogP contribution in [0.3, 0.4) is 0 Å². The molecule has 0 amide bonds. The predicted molar refractivity (Wildman–Crippen MR) is 39.5 cm³/mol. The second-order valence-corrected chi connectivity index (χ2v) is 2.79. The summed E-state index contributed by atoms with van der Waals surface area (Å²) in [5.74, 6) is 1.000. The Balaban J connectivity index is 0.000000405. The molecule has 0 aromatic carbocycles. The van der Waals surface area contributed by atoms with Crippen LogP contribution in [-0.2, 0) is 0 Å². The second-order valence-electron chi connectivity index (χ2n) is 2.79. The van der Waals surface area contributed by atoms with Crippen LogP contribution in [0.4, 0.5) is 0 Å². The Morgan fingerprint density at radius 3 is 2.00 bits per heavy atom. The molecule has 9 heavy (non-hydrogen) atoms. The highest BCUT2D eigenvalue weighted by molar-refractivity contribution is 5.85. The Morgan fingerprint density at radius 1 is 1.22 bits per heavy atom. The zero-order valence-electron chi connectivity index (χ0n) is 5.47. The Morgan fingerprint density at radius 2 is 1.89 bits per heavy atom. The maximum Gasteiger partial charge on any atom is 0.0134 e. The highest BCUT2D eigenvalue weighted by Crippen LogP contribution is 2.19. The van der Waals surface area contributed by atoms with Crippen molar-refractivity contribution in [2.45, 2.75) is 12.8 Å².